The van der Waals surface area contributed by atoms with E-state index >= 15 is 0 Å². The van der Waals surface area contributed by atoms with Crippen molar-refractivity contribution in [3.8, 4) is 0 Å². The van der Waals surface area contributed by atoms with Gasteiger partial charge in [0, 0.05) is 12.8 Å². The third kappa shape index (κ3) is 2.08. The third-order valence-corrected chi connectivity index (χ3v) is 7.37. The Morgan fingerprint density at radius 3 is 2.87 bits per heavy atom. The number of Topliss-reactive ketones (excluding diaryl/α,β-unsaturated/α-hetero) is 1. The Bertz CT molecular complexity index is 578. The highest BCUT2D eigenvalue weighted by atomic mass is 19.1. The van der Waals surface area contributed by atoms with Crippen LogP contribution in [0.4, 0.5) is 4.39 Å². The van der Waals surface area contributed by atoms with Gasteiger partial charge >= 0.3 is 0 Å². The molecule has 0 aromatic rings. The van der Waals surface area contributed by atoms with Gasteiger partial charge in [-0.05, 0) is 66.9 Å². The zero-order valence-electron chi connectivity index (χ0n) is 14.2. The number of hydrogen-bond acceptors (Lipinski definition) is 2. The molecule has 0 N–H and O–H groups in total. The van der Waals surface area contributed by atoms with Crippen molar-refractivity contribution in [2.45, 2.75) is 45.4 Å². The molecule has 2 saturated carbocycles. The van der Waals surface area contributed by atoms with Crippen molar-refractivity contribution in [1.82, 2.24) is 0 Å². The van der Waals surface area contributed by atoms with Crippen molar-refractivity contribution in [3.05, 3.63) is 23.5 Å². The van der Waals surface area contributed by atoms with E-state index in [1.165, 1.54) is 5.57 Å². The molecule has 0 amide bonds. The summed E-state index contributed by atoms with van der Waals surface area (Å²) in [5.41, 5.74) is 0.794. The van der Waals surface area contributed by atoms with Gasteiger partial charge in [-0.15, -0.1) is 0 Å². The number of rotatable bonds is 2. The van der Waals surface area contributed by atoms with Gasteiger partial charge in [0.15, 0.2) is 0 Å². The molecule has 4 rings (SSSR count). The second-order valence-electron chi connectivity index (χ2n) is 8.12. The Morgan fingerprint density at radius 1 is 1.30 bits per heavy atom. The van der Waals surface area contributed by atoms with Gasteiger partial charge in [0.25, 0.3) is 0 Å². The molecule has 4 aliphatic carbocycles. The van der Waals surface area contributed by atoms with Gasteiger partial charge in [-0.1, -0.05) is 13.0 Å². The molecule has 0 unspecified atom stereocenters. The molecule has 0 heterocycles. The fraction of sp³-hybridized carbons (Fsp3) is 0.750. The lowest BCUT2D eigenvalue weighted by Crippen LogP contribution is -2.50. The molecule has 4 aliphatic rings. The van der Waals surface area contributed by atoms with Crippen molar-refractivity contribution >= 4 is 5.78 Å². The van der Waals surface area contributed by atoms with Gasteiger partial charge in [0.2, 0.25) is 0 Å². The molecule has 126 valence electrons. The summed E-state index contributed by atoms with van der Waals surface area (Å²) in [6.07, 6.45) is 10.1. The molecule has 0 spiro atoms. The molecule has 0 bridgehead atoms. The molecule has 0 aliphatic heterocycles. The molecule has 2 nitrogen and oxygen atoms in total. The van der Waals surface area contributed by atoms with Crippen LogP contribution in [-0.4, -0.2) is 19.6 Å². The number of ketones is 1. The molecule has 0 saturated heterocycles. The van der Waals surface area contributed by atoms with E-state index in [-0.39, 0.29) is 11.7 Å². The number of halogens is 1. The average molecular weight is 318 g/mol. The SMILES string of the molecule is COC1=CC2=C[C@@H](C)[C@@H]3[C@H](CC[C@]4(CF)C(=O)CC[C@@H]34)[C@H]2CC1. The minimum absolute atomic E-state index is 0.204. The van der Waals surface area contributed by atoms with E-state index in [1.807, 2.05) is 0 Å². The summed E-state index contributed by atoms with van der Waals surface area (Å²) in [6.45, 7) is 1.83. The summed E-state index contributed by atoms with van der Waals surface area (Å²) in [4.78, 5) is 12.4. The number of carbonyl (C=O) groups excluding carboxylic acids is 1. The predicted molar refractivity (Wildman–Crippen MR) is 87.4 cm³/mol. The Labute approximate surface area is 138 Å². The molecule has 0 radical (unpaired) electrons. The quantitative estimate of drug-likeness (QED) is 0.751. The lowest BCUT2D eigenvalue weighted by molar-refractivity contribution is -0.134. The van der Waals surface area contributed by atoms with Crippen LogP contribution in [0, 0.1) is 35.0 Å². The molecule has 3 heteroatoms. The first-order valence-corrected chi connectivity index (χ1v) is 9.16. The highest BCUT2D eigenvalue weighted by molar-refractivity contribution is 5.87. The first kappa shape index (κ1) is 15.4. The van der Waals surface area contributed by atoms with Crippen LogP contribution in [0.25, 0.3) is 0 Å². The summed E-state index contributed by atoms with van der Waals surface area (Å²) >= 11 is 0. The van der Waals surface area contributed by atoms with E-state index in [0.29, 0.717) is 30.1 Å². The molecule has 0 aromatic heterocycles. The van der Waals surface area contributed by atoms with E-state index in [1.54, 1.807) is 7.11 Å². The van der Waals surface area contributed by atoms with Gasteiger partial charge in [-0.3, -0.25) is 4.79 Å². The van der Waals surface area contributed by atoms with Gasteiger partial charge in [0.05, 0.1) is 18.3 Å². The number of fused-ring (bicyclic) bond motifs is 5. The van der Waals surface area contributed by atoms with Crippen LogP contribution in [0.5, 0.6) is 0 Å². The second-order valence-corrected chi connectivity index (χ2v) is 8.12. The first-order valence-electron chi connectivity index (χ1n) is 9.16. The summed E-state index contributed by atoms with van der Waals surface area (Å²) in [7, 11) is 1.75. The average Bonchev–Trinajstić information content (AvgIpc) is 2.91. The minimum Gasteiger partial charge on any atom is -0.501 e. The van der Waals surface area contributed by atoms with Crippen LogP contribution in [-0.2, 0) is 9.53 Å². The van der Waals surface area contributed by atoms with E-state index in [2.05, 4.69) is 19.1 Å². The van der Waals surface area contributed by atoms with E-state index in [9.17, 15) is 9.18 Å². The lowest BCUT2D eigenvalue weighted by Gasteiger charge is -2.53. The fourth-order valence-corrected chi connectivity index (χ4v) is 6.32. The van der Waals surface area contributed by atoms with Crippen LogP contribution in [0.3, 0.4) is 0 Å². The Morgan fingerprint density at radius 2 is 2.13 bits per heavy atom. The summed E-state index contributed by atoms with van der Waals surface area (Å²) in [5, 5.41) is 0. The fourth-order valence-electron chi connectivity index (χ4n) is 6.32. The van der Waals surface area contributed by atoms with Gasteiger partial charge in [-0.2, -0.15) is 0 Å². The Balaban J connectivity index is 1.71. The molecular formula is C20H27FO2. The van der Waals surface area contributed by atoms with Crippen molar-refractivity contribution < 1.29 is 13.9 Å². The number of ether oxygens (including phenoxy) is 1. The summed E-state index contributed by atoms with van der Waals surface area (Å²) in [6, 6.07) is 0. The van der Waals surface area contributed by atoms with E-state index in [0.717, 1.165) is 37.9 Å². The summed E-state index contributed by atoms with van der Waals surface area (Å²) in [5.74, 6) is 3.68. The van der Waals surface area contributed by atoms with E-state index < -0.39 is 12.1 Å². The van der Waals surface area contributed by atoms with Crippen molar-refractivity contribution in [2.24, 2.45) is 35.0 Å². The zero-order chi connectivity index (χ0) is 16.2. The standard InChI is InChI=1S/C20H27FO2/c1-12-9-13-10-14(23-2)3-4-15(13)16-7-8-20(11-21)17(19(12)16)5-6-18(20)22/h9-10,12,15-17,19H,3-8,11H2,1-2H3/t12-,15+,16-,17+,19-,20-/m1/s1. The van der Waals surface area contributed by atoms with Gasteiger partial charge < -0.3 is 4.74 Å². The Kier molecular flexibility index (Phi) is 3.66. The van der Waals surface area contributed by atoms with Crippen molar-refractivity contribution in [3.63, 3.8) is 0 Å². The van der Waals surface area contributed by atoms with Crippen molar-refractivity contribution in [2.75, 3.05) is 13.8 Å². The van der Waals surface area contributed by atoms with Crippen LogP contribution in [0.2, 0.25) is 0 Å². The third-order valence-electron chi connectivity index (χ3n) is 7.37. The van der Waals surface area contributed by atoms with Crippen LogP contribution >= 0.6 is 0 Å². The smallest absolute Gasteiger partial charge is 0.141 e. The van der Waals surface area contributed by atoms with E-state index in [4.69, 9.17) is 4.74 Å². The minimum atomic E-state index is -0.636. The predicted octanol–water partition coefficient (Wildman–Crippen LogP) is 4.46. The van der Waals surface area contributed by atoms with Gasteiger partial charge in [-0.25, -0.2) is 4.39 Å². The maximum atomic E-state index is 13.9. The molecule has 0 aromatic carbocycles. The molecular weight excluding hydrogens is 291 g/mol. The highest BCUT2D eigenvalue weighted by Crippen LogP contribution is 2.61. The largest absolute Gasteiger partial charge is 0.501 e. The van der Waals surface area contributed by atoms with Crippen LogP contribution in [0.1, 0.15) is 45.4 Å². The number of carbonyl (C=O) groups is 1. The maximum absolute atomic E-state index is 13.9. The van der Waals surface area contributed by atoms with Crippen LogP contribution < -0.4 is 0 Å². The maximum Gasteiger partial charge on any atom is 0.141 e. The highest BCUT2D eigenvalue weighted by Gasteiger charge is 2.59. The lowest BCUT2D eigenvalue weighted by atomic mass is 9.51. The number of hydrogen-bond donors (Lipinski definition) is 0. The number of alkyl halides is 1. The molecule has 2 fully saturated rings. The first-order chi connectivity index (χ1) is 11.1. The molecule has 23 heavy (non-hydrogen) atoms. The number of methoxy groups -OCH3 is 1. The molecule has 6 atom stereocenters. The topological polar surface area (TPSA) is 26.3 Å². The van der Waals surface area contributed by atoms with Crippen LogP contribution in [0.15, 0.2) is 23.5 Å². The number of allylic oxidation sites excluding steroid dienone is 4. The van der Waals surface area contributed by atoms with Gasteiger partial charge in [0.1, 0.15) is 12.5 Å². The summed E-state index contributed by atoms with van der Waals surface area (Å²) < 4.78 is 19.4. The van der Waals surface area contributed by atoms with Crippen molar-refractivity contribution in [1.29, 1.82) is 0 Å². The second kappa shape index (κ2) is 5.46. The Hall–Kier alpha value is -1.12. The zero-order valence-corrected chi connectivity index (χ0v) is 14.2. The monoisotopic (exact) mass is 318 g/mol. The normalized spacial score (nSPS) is 45.5.